The zero-order valence-corrected chi connectivity index (χ0v) is 16.8. The molecule has 29 heavy (non-hydrogen) atoms. The van der Waals surface area contributed by atoms with Crippen molar-refractivity contribution >= 4 is 17.7 Å². The minimum Gasteiger partial charge on any atom is -0.490 e. The molecule has 2 aromatic rings. The summed E-state index contributed by atoms with van der Waals surface area (Å²) in [6.07, 6.45) is 1.42. The van der Waals surface area contributed by atoms with Gasteiger partial charge in [-0.3, -0.25) is 9.69 Å². The number of hydrogen-bond donors (Lipinski definition) is 0. The molecule has 4 rings (SSSR count). The second-order valence-electron chi connectivity index (χ2n) is 7.77. The van der Waals surface area contributed by atoms with E-state index in [9.17, 15) is 9.59 Å². The maximum atomic E-state index is 12.8. The van der Waals surface area contributed by atoms with Crippen LogP contribution in [-0.2, 0) is 4.74 Å². The molecule has 0 bridgehead atoms. The van der Waals surface area contributed by atoms with Crippen molar-refractivity contribution in [2.75, 3.05) is 24.6 Å². The summed E-state index contributed by atoms with van der Waals surface area (Å²) in [5.41, 5.74) is 2.59. The Morgan fingerprint density at radius 2 is 1.69 bits per heavy atom. The van der Waals surface area contributed by atoms with Crippen LogP contribution in [0.5, 0.6) is 5.75 Å². The monoisotopic (exact) mass is 394 g/mol. The van der Waals surface area contributed by atoms with Crippen molar-refractivity contribution in [2.45, 2.75) is 38.8 Å². The Hall–Kier alpha value is -3.02. The number of aryl methyl sites for hydroxylation is 1. The summed E-state index contributed by atoms with van der Waals surface area (Å²) in [4.78, 5) is 28.2. The molecule has 2 aliphatic heterocycles. The average molecular weight is 394 g/mol. The zero-order chi connectivity index (χ0) is 20.4. The molecule has 0 N–H and O–H groups in total. The van der Waals surface area contributed by atoms with Gasteiger partial charge in [0.2, 0.25) is 0 Å². The van der Waals surface area contributed by atoms with Crippen molar-refractivity contribution in [1.29, 1.82) is 0 Å². The highest BCUT2D eigenvalue weighted by atomic mass is 16.6. The third kappa shape index (κ3) is 4.21. The molecular weight excluding hydrogens is 368 g/mol. The van der Waals surface area contributed by atoms with Crippen LogP contribution in [0.4, 0.5) is 10.5 Å². The number of carbonyl (C=O) groups excluding carboxylic acids is 2. The molecule has 6 heteroatoms. The summed E-state index contributed by atoms with van der Waals surface area (Å²) in [5, 5.41) is 0. The Bertz CT molecular complexity index is 871. The summed E-state index contributed by atoms with van der Waals surface area (Å²) in [6.45, 7) is 5.73. The lowest BCUT2D eigenvalue weighted by Crippen LogP contribution is -2.41. The van der Waals surface area contributed by atoms with E-state index >= 15 is 0 Å². The Labute approximate surface area is 171 Å². The maximum absolute atomic E-state index is 12.8. The number of benzene rings is 2. The summed E-state index contributed by atoms with van der Waals surface area (Å²) < 4.78 is 11.1. The first-order valence-electron chi connectivity index (χ1n) is 10.1. The van der Waals surface area contributed by atoms with Crippen LogP contribution in [0.3, 0.4) is 0 Å². The van der Waals surface area contributed by atoms with Crippen molar-refractivity contribution in [1.82, 2.24) is 4.90 Å². The van der Waals surface area contributed by atoms with Crippen LogP contribution in [0.2, 0.25) is 0 Å². The highest BCUT2D eigenvalue weighted by Gasteiger charge is 2.31. The minimum absolute atomic E-state index is 0.00314. The van der Waals surface area contributed by atoms with Crippen LogP contribution in [0, 0.1) is 6.92 Å². The van der Waals surface area contributed by atoms with E-state index in [1.807, 2.05) is 48.2 Å². The van der Waals surface area contributed by atoms with Gasteiger partial charge < -0.3 is 14.4 Å². The fourth-order valence-electron chi connectivity index (χ4n) is 3.81. The number of anilines is 1. The van der Waals surface area contributed by atoms with Gasteiger partial charge in [0.05, 0.1) is 6.04 Å². The van der Waals surface area contributed by atoms with Crippen molar-refractivity contribution < 1.29 is 19.1 Å². The van der Waals surface area contributed by atoms with Gasteiger partial charge in [-0.05, 0) is 50.2 Å². The van der Waals surface area contributed by atoms with Gasteiger partial charge in [0, 0.05) is 37.2 Å². The molecule has 2 fully saturated rings. The van der Waals surface area contributed by atoms with Gasteiger partial charge in [0.25, 0.3) is 5.91 Å². The fourth-order valence-corrected chi connectivity index (χ4v) is 3.81. The third-order valence-electron chi connectivity index (χ3n) is 5.53. The van der Waals surface area contributed by atoms with Gasteiger partial charge in [-0.25, -0.2) is 4.79 Å². The number of ether oxygens (including phenoxy) is 2. The van der Waals surface area contributed by atoms with Crippen LogP contribution in [0.15, 0.2) is 48.5 Å². The van der Waals surface area contributed by atoms with E-state index < -0.39 is 0 Å². The first-order chi connectivity index (χ1) is 14.0. The molecule has 0 unspecified atom stereocenters. The number of piperidine rings is 1. The molecule has 152 valence electrons. The zero-order valence-electron chi connectivity index (χ0n) is 16.8. The van der Waals surface area contributed by atoms with Crippen LogP contribution in [-0.4, -0.2) is 48.7 Å². The van der Waals surface area contributed by atoms with E-state index in [1.165, 1.54) is 5.56 Å². The number of cyclic esters (lactones) is 1. The maximum Gasteiger partial charge on any atom is 0.414 e. The molecular formula is C23H26N2O4. The number of likely N-dealkylation sites (tertiary alicyclic amines) is 1. The molecule has 1 atom stereocenters. The van der Waals surface area contributed by atoms with Gasteiger partial charge in [-0.2, -0.15) is 0 Å². The van der Waals surface area contributed by atoms with Gasteiger partial charge in [-0.1, -0.05) is 17.7 Å². The first-order valence-corrected chi connectivity index (χ1v) is 10.1. The summed E-state index contributed by atoms with van der Waals surface area (Å²) in [5.74, 6) is 0.896. The second-order valence-corrected chi connectivity index (χ2v) is 7.77. The van der Waals surface area contributed by atoms with Gasteiger partial charge in [0.1, 0.15) is 18.5 Å². The van der Waals surface area contributed by atoms with Crippen molar-refractivity contribution in [2.24, 2.45) is 0 Å². The molecule has 0 saturated carbocycles. The molecule has 0 aromatic heterocycles. The molecule has 2 saturated heterocycles. The molecule has 0 aliphatic carbocycles. The van der Waals surface area contributed by atoms with E-state index in [1.54, 1.807) is 17.0 Å². The standard InChI is InChI=1S/C23H26N2O4/c1-16-3-9-20(10-4-16)29-21-11-13-24(14-12-21)22(26)18-5-7-19(8-6-18)25-17(2)15-28-23(25)27/h3-10,17,21H,11-15H2,1-2H3/t17-/m1/s1. The van der Waals surface area contributed by atoms with Gasteiger partial charge in [-0.15, -0.1) is 0 Å². The number of carbonyl (C=O) groups is 2. The summed E-state index contributed by atoms with van der Waals surface area (Å²) in [6, 6.07) is 15.2. The smallest absolute Gasteiger partial charge is 0.414 e. The largest absolute Gasteiger partial charge is 0.490 e. The summed E-state index contributed by atoms with van der Waals surface area (Å²) in [7, 11) is 0. The molecule has 0 radical (unpaired) electrons. The van der Waals surface area contributed by atoms with E-state index in [-0.39, 0.29) is 24.1 Å². The first kappa shape index (κ1) is 19.3. The molecule has 6 nitrogen and oxygen atoms in total. The average Bonchev–Trinajstić information content (AvgIpc) is 3.08. The van der Waals surface area contributed by atoms with Crippen molar-refractivity contribution in [3.8, 4) is 5.75 Å². The lowest BCUT2D eigenvalue weighted by molar-refractivity contribution is 0.0595. The number of nitrogens with zero attached hydrogens (tertiary/aromatic N) is 2. The van der Waals surface area contributed by atoms with E-state index in [0.717, 1.165) is 24.3 Å². The van der Waals surface area contributed by atoms with Crippen LogP contribution < -0.4 is 9.64 Å². The summed E-state index contributed by atoms with van der Waals surface area (Å²) >= 11 is 0. The van der Waals surface area contributed by atoms with E-state index in [2.05, 4.69) is 6.92 Å². The molecule has 2 aromatic carbocycles. The van der Waals surface area contributed by atoms with Crippen LogP contribution in [0.25, 0.3) is 0 Å². The fraction of sp³-hybridized carbons (Fsp3) is 0.391. The van der Waals surface area contributed by atoms with E-state index in [0.29, 0.717) is 25.3 Å². The van der Waals surface area contributed by atoms with Gasteiger partial charge in [0.15, 0.2) is 0 Å². The Morgan fingerprint density at radius 1 is 1.03 bits per heavy atom. The lowest BCUT2D eigenvalue weighted by Gasteiger charge is -2.32. The van der Waals surface area contributed by atoms with Crippen molar-refractivity contribution in [3.05, 3.63) is 59.7 Å². The highest BCUT2D eigenvalue weighted by molar-refractivity contribution is 5.96. The third-order valence-corrected chi connectivity index (χ3v) is 5.53. The number of hydrogen-bond acceptors (Lipinski definition) is 4. The lowest BCUT2D eigenvalue weighted by atomic mass is 10.1. The van der Waals surface area contributed by atoms with E-state index in [4.69, 9.17) is 9.47 Å². The second kappa shape index (κ2) is 8.15. The quantitative estimate of drug-likeness (QED) is 0.786. The minimum atomic E-state index is -0.341. The predicted molar refractivity (Wildman–Crippen MR) is 110 cm³/mol. The molecule has 0 spiro atoms. The number of rotatable bonds is 4. The van der Waals surface area contributed by atoms with Gasteiger partial charge >= 0.3 is 6.09 Å². The van der Waals surface area contributed by atoms with Crippen LogP contribution in [0.1, 0.15) is 35.7 Å². The Morgan fingerprint density at radius 3 is 2.28 bits per heavy atom. The highest BCUT2D eigenvalue weighted by Crippen LogP contribution is 2.25. The normalized spacial score (nSPS) is 19.9. The Balaban J connectivity index is 1.33. The predicted octanol–water partition coefficient (Wildman–Crippen LogP) is 4.02. The topological polar surface area (TPSA) is 59.1 Å². The molecule has 2 aliphatic rings. The van der Waals surface area contributed by atoms with Crippen molar-refractivity contribution in [3.63, 3.8) is 0 Å². The number of amides is 2. The Kier molecular flexibility index (Phi) is 5.43. The molecule has 2 amide bonds. The SMILES string of the molecule is Cc1ccc(OC2CCN(C(=O)c3ccc(N4C(=O)OC[C@H]4C)cc3)CC2)cc1. The van der Waals surface area contributed by atoms with Crippen LogP contribution >= 0.6 is 0 Å². The molecule has 2 heterocycles.